The zero-order valence-electron chi connectivity index (χ0n) is 17.1. The lowest BCUT2D eigenvalue weighted by atomic mass is 9.94. The van der Waals surface area contributed by atoms with Crippen molar-refractivity contribution in [2.45, 2.75) is 62.9 Å². The van der Waals surface area contributed by atoms with Crippen LogP contribution in [0.3, 0.4) is 0 Å². The highest BCUT2D eigenvalue weighted by atomic mass is 32.2. The molecule has 0 radical (unpaired) electrons. The summed E-state index contributed by atoms with van der Waals surface area (Å²) in [6.07, 6.45) is 6.46. The second-order valence-corrected chi connectivity index (χ2v) is 8.34. The van der Waals surface area contributed by atoms with E-state index in [9.17, 15) is 4.79 Å². The van der Waals surface area contributed by atoms with Crippen LogP contribution in [0.2, 0.25) is 0 Å². The van der Waals surface area contributed by atoms with E-state index in [1.807, 2.05) is 38.1 Å². The first-order valence-electron chi connectivity index (χ1n) is 10.1. The van der Waals surface area contributed by atoms with Gasteiger partial charge in [0, 0.05) is 42.7 Å². The molecule has 6 heteroatoms. The zero-order valence-corrected chi connectivity index (χ0v) is 17.9. The van der Waals surface area contributed by atoms with Crippen molar-refractivity contribution >= 4 is 23.5 Å². The molecule has 1 heterocycles. The number of thioether (sulfide) groups is 1. The van der Waals surface area contributed by atoms with Crippen LogP contribution < -0.4 is 10.2 Å². The predicted octanol–water partition coefficient (Wildman–Crippen LogP) is 4.60. The molecule has 1 aliphatic rings. The van der Waals surface area contributed by atoms with Crippen molar-refractivity contribution in [3.05, 3.63) is 47.2 Å². The Bertz CT molecular complexity index is 805. The summed E-state index contributed by atoms with van der Waals surface area (Å²) in [7, 11) is 2.15. The van der Waals surface area contributed by atoms with Crippen LogP contribution in [0, 0.1) is 6.92 Å². The largest absolute Gasteiger partial charge is 0.357 e. The second kappa shape index (κ2) is 9.92. The van der Waals surface area contributed by atoms with Gasteiger partial charge in [-0.2, -0.15) is 0 Å². The molecule has 1 fully saturated rings. The topological polar surface area (TPSA) is 58.1 Å². The van der Waals surface area contributed by atoms with Crippen LogP contribution in [0.5, 0.6) is 0 Å². The molecule has 150 valence electrons. The number of hydrogen-bond acceptors (Lipinski definition) is 5. The molecule has 2 aromatic rings. The van der Waals surface area contributed by atoms with Crippen LogP contribution in [0.1, 0.15) is 60.6 Å². The fourth-order valence-electron chi connectivity index (χ4n) is 3.64. The van der Waals surface area contributed by atoms with Crippen LogP contribution in [0.25, 0.3) is 0 Å². The van der Waals surface area contributed by atoms with E-state index in [1.54, 1.807) is 11.8 Å². The van der Waals surface area contributed by atoms with E-state index in [1.165, 1.54) is 32.1 Å². The first kappa shape index (κ1) is 20.6. The van der Waals surface area contributed by atoms with E-state index in [4.69, 9.17) is 4.98 Å². The number of nitrogens with zero attached hydrogens (tertiary/aromatic N) is 3. The second-order valence-electron chi connectivity index (χ2n) is 7.40. The molecule has 5 nitrogen and oxygen atoms in total. The molecule has 1 amide bonds. The van der Waals surface area contributed by atoms with E-state index >= 15 is 0 Å². The average Bonchev–Trinajstić information content (AvgIpc) is 2.72. The van der Waals surface area contributed by atoms with Gasteiger partial charge in [-0.1, -0.05) is 43.2 Å². The first-order chi connectivity index (χ1) is 13.6. The molecule has 1 saturated carbocycles. The minimum absolute atomic E-state index is 0.0300. The lowest BCUT2D eigenvalue weighted by Gasteiger charge is -2.32. The number of hydrogen-bond donors (Lipinski definition) is 1. The van der Waals surface area contributed by atoms with Crippen LogP contribution in [0.15, 0.2) is 35.5 Å². The quantitative estimate of drug-likeness (QED) is 0.546. The van der Waals surface area contributed by atoms with Crippen molar-refractivity contribution in [3.8, 4) is 0 Å². The standard InChI is InChI=1S/C22H30N4OS/c1-4-23-21(27)18-10-8-9-17(14-18)15-28-22-24-16(2)13-20(25-22)26(3)19-11-6-5-7-12-19/h8-10,13-14,19H,4-7,11-12,15H2,1-3H3,(H,23,27). The van der Waals surface area contributed by atoms with E-state index < -0.39 is 0 Å². The Balaban J connectivity index is 1.68. The lowest BCUT2D eigenvalue weighted by Crippen LogP contribution is -2.34. The molecule has 0 atom stereocenters. The molecule has 3 rings (SSSR count). The normalized spacial score (nSPS) is 14.7. The molecule has 0 bridgehead atoms. The number of aryl methyl sites for hydroxylation is 1. The van der Waals surface area contributed by atoms with E-state index in [-0.39, 0.29) is 5.91 Å². The minimum atomic E-state index is -0.0300. The SMILES string of the molecule is CCNC(=O)c1cccc(CSc2nc(C)cc(N(C)C3CCCCC3)n2)c1. The molecule has 1 aromatic heterocycles. The number of nitrogens with one attached hydrogen (secondary N) is 1. The molecular weight excluding hydrogens is 368 g/mol. The van der Waals surface area contributed by atoms with E-state index in [2.05, 4.69) is 28.3 Å². The first-order valence-corrected chi connectivity index (χ1v) is 11.1. The molecule has 0 aliphatic heterocycles. The summed E-state index contributed by atoms with van der Waals surface area (Å²) >= 11 is 1.62. The highest BCUT2D eigenvalue weighted by Gasteiger charge is 2.20. The Morgan fingerprint density at radius 1 is 1.21 bits per heavy atom. The van der Waals surface area contributed by atoms with Gasteiger partial charge in [0.05, 0.1) is 0 Å². The van der Waals surface area contributed by atoms with Gasteiger partial charge in [-0.05, 0) is 44.4 Å². The number of aromatic nitrogens is 2. The summed E-state index contributed by atoms with van der Waals surface area (Å²) in [5.41, 5.74) is 2.79. The highest BCUT2D eigenvalue weighted by molar-refractivity contribution is 7.98. The van der Waals surface area contributed by atoms with Crippen LogP contribution in [-0.4, -0.2) is 35.5 Å². The van der Waals surface area contributed by atoms with Crippen molar-refractivity contribution in [2.24, 2.45) is 0 Å². The van der Waals surface area contributed by atoms with E-state index in [0.29, 0.717) is 18.2 Å². The fourth-order valence-corrected chi connectivity index (χ4v) is 4.48. The molecule has 1 aromatic carbocycles. The number of amides is 1. The third-order valence-electron chi connectivity index (χ3n) is 5.20. The van der Waals surface area contributed by atoms with Crippen molar-refractivity contribution in [2.75, 3.05) is 18.5 Å². The smallest absolute Gasteiger partial charge is 0.251 e. The summed E-state index contributed by atoms with van der Waals surface area (Å²) in [4.78, 5) is 23.8. The van der Waals surface area contributed by atoms with Gasteiger partial charge in [0.1, 0.15) is 5.82 Å². The van der Waals surface area contributed by atoms with Gasteiger partial charge in [0.25, 0.3) is 5.91 Å². The monoisotopic (exact) mass is 398 g/mol. The van der Waals surface area contributed by atoms with Crippen molar-refractivity contribution in [1.82, 2.24) is 15.3 Å². The average molecular weight is 399 g/mol. The third kappa shape index (κ3) is 5.47. The summed E-state index contributed by atoms with van der Waals surface area (Å²) in [6, 6.07) is 10.4. The number of carbonyl (C=O) groups excluding carboxylic acids is 1. The lowest BCUT2D eigenvalue weighted by molar-refractivity contribution is 0.0955. The number of carbonyl (C=O) groups is 1. The summed E-state index contributed by atoms with van der Waals surface area (Å²) in [5.74, 6) is 1.72. The predicted molar refractivity (Wildman–Crippen MR) is 116 cm³/mol. The number of anilines is 1. The Morgan fingerprint density at radius 2 is 2.00 bits per heavy atom. The maximum atomic E-state index is 12.0. The molecule has 0 unspecified atom stereocenters. The zero-order chi connectivity index (χ0) is 19.9. The molecule has 0 spiro atoms. The Kier molecular flexibility index (Phi) is 7.31. The van der Waals surface area contributed by atoms with Gasteiger partial charge >= 0.3 is 0 Å². The van der Waals surface area contributed by atoms with Crippen molar-refractivity contribution < 1.29 is 4.79 Å². The van der Waals surface area contributed by atoms with Crippen molar-refractivity contribution in [1.29, 1.82) is 0 Å². The van der Waals surface area contributed by atoms with Crippen LogP contribution in [0.4, 0.5) is 5.82 Å². The molecule has 28 heavy (non-hydrogen) atoms. The highest BCUT2D eigenvalue weighted by Crippen LogP contribution is 2.27. The molecule has 1 aliphatic carbocycles. The molecule has 0 saturated heterocycles. The van der Waals surface area contributed by atoms with Gasteiger partial charge in [-0.25, -0.2) is 9.97 Å². The van der Waals surface area contributed by atoms with E-state index in [0.717, 1.165) is 28.0 Å². The summed E-state index contributed by atoms with van der Waals surface area (Å²) in [5, 5.41) is 3.64. The fraction of sp³-hybridized carbons (Fsp3) is 0.500. The Hall–Kier alpha value is -2.08. The minimum Gasteiger partial charge on any atom is -0.357 e. The maximum Gasteiger partial charge on any atom is 0.251 e. The Labute approximate surface area is 172 Å². The van der Waals surface area contributed by atoms with Crippen LogP contribution >= 0.6 is 11.8 Å². The molecular formula is C22H30N4OS. The van der Waals surface area contributed by atoms with Crippen LogP contribution in [-0.2, 0) is 5.75 Å². The molecule has 1 N–H and O–H groups in total. The van der Waals surface area contributed by atoms with Gasteiger partial charge in [0.15, 0.2) is 5.16 Å². The maximum absolute atomic E-state index is 12.0. The van der Waals surface area contributed by atoms with Crippen molar-refractivity contribution in [3.63, 3.8) is 0 Å². The Morgan fingerprint density at radius 3 is 2.75 bits per heavy atom. The number of rotatable bonds is 7. The number of benzene rings is 1. The summed E-state index contributed by atoms with van der Waals surface area (Å²) < 4.78 is 0. The third-order valence-corrected chi connectivity index (χ3v) is 6.12. The van der Waals surface area contributed by atoms with Gasteiger partial charge in [0.2, 0.25) is 0 Å². The summed E-state index contributed by atoms with van der Waals surface area (Å²) in [6.45, 7) is 4.58. The van der Waals surface area contributed by atoms with Gasteiger partial charge in [-0.3, -0.25) is 4.79 Å². The van der Waals surface area contributed by atoms with Gasteiger partial charge in [-0.15, -0.1) is 0 Å². The van der Waals surface area contributed by atoms with Gasteiger partial charge < -0.3 is 10.2 Å².